The molecule has 2 aromatic carbocycles. The van der Waals surface area contributed by atoms with Crippen LogP contribution in [0.25, 0.3) is 0 Å². The second-order valence-corrected chi connectivity index (χ2v) is 5.38. The van der Waals surface area contributed by atoms with Crippen molar-refractivity contribution < 1.29 is 5.11 Å². The van der Waals surface area contributed by atoms with Crippen molar-refractivity contribution in [3.05, 3.63) is 57.5 Å². The lowest BCUT2D eigenvalue weighted by Crippen LogP contribution is -2.06. The van der Waals surface area contributed by atoms with Crippen molar-refractivity contribution in [2.24, 2.45) is 0 Å². The van der Waals surface area contributed by atoms with Gasteiger partial charge < -0.3 is 10.4 Å². The molecule has 0 fully saturated rings. The Hall–Kier alpha value is -1.19. The summed E-state index contributed by atoms with van der Waals surface area (Å²) in [6.45, 7) is 2.04. The minimum Gasteiger partial charge on any atom is -0.508 e. The van der Waals surface area contributed by atoms with Crippen LogP contribution in [0, 0.1) is 0 Å². The van der Waals surface area contributed by atoms with Gasteiger partial charge in [0.05, 0.1) is 0 Å². The number of benzene rings is 2. The molecule has 4 heteroatoms. The molecule has 0 spiro atoms. The van der Waals surface area contributed by atoms with Crippen LogP contribution in [-0.4, -0.2) is 5.11 Å². The predicted molar refractivity (Wildman–Crippen MR) is 79.3 cm³/mol. The van der Waals surface area contributed by atoms with Crippen molar-refractivity contribution >= 4 is 33.2 Å². The molecule has 18 heavy (non-hydrogen) atoms. The topological polar surface area (TPSA) is 32.3 Å². The van der Waals surface area contributed by atoms with E-state index < -0.39 is 0 Å². The van der Waals surface area contributed by atoms with Crippen molar-refractivity contribution in [2.75, 3.05) is 5.32 Å². The Kier molecular flexibility index (Phi) is 4.15. The summed E-state index contributed by atoms with van der Waals surface area (Å²) in [7, 11) is 0. The molecule has 0 aliphatic carbocycles. The highest BCUT2D eigenvalue weighted by Crippen LogP contribution is 2.29. The fourth-order valence-corrected chi connectivity index (χ4v) is 2.51. The maximum absolute atomic E-state index is 9.46. The molecular weight excluding hydrogens is 314 g/mol. The standard InChI is InChI=1S/C14H13BrClNO/c1-9(10-3-2-4-12(18)7-10)17-14-6-5-11(16)8-13(14)15/h2-9,17-18H,1H3. The summed E-state index contributed by atoms with van der Waals surface area (Å²) in [5.74, 6) is 0.274. The Balaban J connectivity index is 2.18. The van der Waals surface area contributed by atoms with Crippen LogP contribution in [0.1, 0.15) is 18.5 Å². The van der Waals surface area contributed by atoms with Crippen LogP contribution in [0.15, 0.2) is 46.9 Å². The first-order valence-corrected chi connectivity index (χ1v) is 6.74. The molecule has 94 valence electrons. The van der Waals surface area contributed by atoms with Gasteiger partial charge in [-0.05, 0) is 58.7 Å². The first-order valence-electron chi connectivity index (χ1n) is 5.57. The summed E-state index contributed by atoms with van der Waals surface area (Å²) in [6.07, 6.45) is 0. The van der Waals surface area contributed by atoms with Crippen molar-refractivity contribution in [3.63, 3.8) is 0 Å². The van der Waals surface area contributed by atoms with Gasteiger partial charge in [0.1, 0.15) is 5.75 Å². The lowest BCUT2D eigenvalue weighted by atomic mass is 10.1. The van der Waals surface area contributed by atoms with E-state index in [1.165, 1.54) is 0 Å². The van der Waals surface area contributed by atoms with Gasteiger partial charge >= 0.3 is 0 Å². The molecular formula is C14H13BrClNO. The van der Waals surface area contributed by atoms with Gasteiger partial charge in [0.15, 0.2) is 0 Å². The van der Waals surface area contributed by atoms with Gasteiger partial charge in [-0.25, -0.2) is 0 Å². The number of rotatable bonds is 3. The Bertz CT molecular complexity index is 559. The van der Waals surface area contributed by atoms with Crippen LogP contribution in [-0.2, 0) is 0 Å². The van der Waals surface area contributed by atoms with E-state index in [0.717, 1.165) is 15.7 Å². The molecule has 2 aromatic rings. The number of phenolic OH excluding ortho intramolecular Hbond substituents is 1. The van der Waals surface area contributed by atoms with Crippen molar-refractivity contribution in [1.29, 1.82) is 0 Å². The molecule has 0 aliphatic heterocycles. The minimum atomic E-state index is 0.0922. The third kappa shape index (κ3) is 3.18. The summed E-state index contributed by atoms with van der Waals surface area (Å²) in [6, 6.07) is 12.9. The Labute approximate surface area is 120 Å². The number of phenols is 1. The molecule has 0 amide bonds. The lowest BCUT2D eigenvalue weighted by Gasteiger charge is -2.17. The van der Waals surface area contributed by atoms with Crippen LogP contribution >= 0.6 is 27.5 Å². The van der Waals surface area contributed by atoms with Crippen LogP contribution < -0.4 is 5.32 Å². The van der Waals surface area contributed by atoms with Gasteiger partial charge in [-0.1, -0.05) is 23.7 Å². The molecule has 1 atom stereocenters. The predicted octanol–water partition coefficient (Wildman–Crippen LogP) is 4.98. The number of nitrogens with one attached hydrogen (secondary N) is 1. The molecule has 0 saturated carbocycles. The fourth-order valence-electron chi connectivity index (χ4n) is 1.72. The molecule has 0 radical (unpaired) electrons. The smallest absolute Gasteiger partial charge is 0.115 e. The average molecular weight is 327 g/mol. The summed E-state index contributed by atoms with van der Waals surface area (Å²) in [5.41, 5.74) is 1.99. The normalized spacial score (nSPS) is 12.2. The second-order valence-electron chi connectivity index (χ2n) is 4.09. The molecule has 0 aromatic heterocycles. The lowest BCUT2D eigenvalue weighted by molar-refractivity contribution is 0.474. The zero-order valence-corrected chi connectivity index (χ0v) is 12.2. The molecule has 0 saturated heterocycles. The Morgan fingerprint density at radius 2 is 2.00 bits per heavy atom. The minimum absolute atomic E-state index is 0.0922. The zero-order chi connectivity index (χ0) is 13.1. The third-order valence-corrected chi connectivity index (χ3v) is 3.56. The van der Waals surface area contributed by atoms with E-state index >= 15 is 0 Å². The van der Waals surface area contributed by atoms with E-state index in [9.17, 15) is 5.11 Å². The average Bonchev–Trinajstić information content (AvgIpc) is 2.32. The highest BCUT2D eigenvalue weighted by molar-refractivity contribution is 9.10. The second kappa shape index (κ2) is 5.63. The monoisotopic (exact) mass is 325 g/mol. The van der Waals surface area contributed by atoms with E-state index in [-0.39, 0.29) is 11.8 Å². The first kappa shape index (κ1) is 13.2. The van der Waals surface area contributed by atoms with Crippen LogP contribution in [0.3, 0.4) is 0 Å². The largest absolute Gasteiger partial charge is 0.508 e. The zero-order valence-electron chi connectivity index (χ0n) is 9.82. The van der Waals surface area contributed by atoms with E-state index in [0.29, 0.717) is 5.02 Å². The van der Waals surface area contributed by atoms with Gasteiger partial charge in [-0.3, -0.25) is 0 Å². The van der Waals surface area contributed by atoms with Gasteiger partial charge in [0.2, 0.25) is 0 Å². The number of hydrogen-bond acceptors (Lipinski definition) is 2. The van der Waals surface area contributed by atoms with Crippen molar-refractivity contribution in [2.45, 2.75) is 13.0 Å². The molecule has 0 heterocycles. The summed E-state index contributed by atoms with van der Waals surface area (Å²) in [4.78, 5) is 0. The van der Waals surface area contributed by atoms with E-state index in [1.807, 2.05) is 37.3 Å². The first-order chi connectivity index (χ1) is 8.56. The number of anilines is 1. The SMILES string of the molecule is CC(Nc1ccc(Cl)cc1Br)c1cccc(O)c1. The fraction of sp³-hybridized carbons (Fsp3) is 0.143. The molecule has 0 bridgehead atoms. The van der Waals surface area contributed by atoms with E-state index in [2.05, 4.69) is 21.2 Å². The number of aromatic hydroxyl groups is 1. The van der Waals surface area contributed by atoms with Gasteiger partial charge in [-0.2, -0.15) is 0 Å². The van der Waals surface area contributed by atoms with Gasteiger partial charge in [0, 0.05) is 21.2 Å². The van der Waals surface area contributed by atoms with Crippen LogP contribution in [0.4, 0.5) is 5.69 Å². The highest BCUT2D eigenvalue weighted by atomic mass is 79.9. The quantitative estimate of drug-likeness (QED) is 0.833. The van der Waals surface area contributed by atoms with Crippen molar-refractivity contribution in [3.8, 4) is 5.75 Å². The molecule has 2 nitrogen and oxygen atoms in total. The Morgan fingerprint density at radius 1 is 1.22 bits per heavy atom. The highest BCUT2D eigenvalue weighted by Gasteiger charge is 2.08. The number of halogens is 2. The van der Waals surface area contributed by atoms with E-state index in [4.69, 9.17) is 11.6 Å². The van der Waals surface area contributed by atoms with Crippen LogP contribution in [0.2, 0.25) is 5.02 Å². The summed E-state index contributed by atoms with van der Waals surface area (Å²) >= 11 is 9.37. The molecule has 2 N–H and O–H groups in total. The van der Waals surface area contributed by atoms with E-state index in [1.54, 1.807) is 12.1 Å². The maximum Gasteiger partial charge on any atom is 0.115 e. The summed E-state index contributed by atoms with van der Waals surface area (Å²) < 4.78 is 0.919. The maximum atomic E-state index is 9.46. The van der Waals surface area contributed by atoms with Gasteiger partial charge in [-0.15, -0.1) is 0 Å². The third-order valence-electron chi connectivity index (χ3n) is 2.67. The van der Waals surface area contributed by atoms with Gasteiger partial charge in [0.25, 0.3) is 0 Å². The Morgan fingerprint density at radius 3 is 2.67 bits per heavy atom. The molecule has 2 rings (SSSR count). The number of hydrogen-bond donors (Lipinski definition) is 2. The molecule has 0 aliphatic rings. The summed E-state index contributed by atoms with van der Waals surface area (Å²) in [5, 5.41) is 13.5. The van der Waals surface area contributed by atoms with Crippen LogP contribution in [0.5, 0.6) is 5.75 Å². The van der Waals surface area contributed by atoms with Crippen molar-refractivity contribution in [1.82, 2.24) is 0 Å². The molecule has 1 unspecified atom stereocenters.